The van der Waals surface area contributed by atoms with Gasteiger partial charge < -0.3 is 21.1 Å². The molecule has 0 aromatic rings. The topological polar surface area (TPSA) is 116 Å². The van der Waals surface area contributed by atoms with E-state index in [1.54, 1.807) is 6.08 Å². The second-order valence-electron chi connectivity index (χ2n) is 7.21. The van der Waals surface area contributed by atoms with E-state index in [2.05, 4.69) is 30.4 Å². The van der Waals surface area contributed by atoms with Crippen LogP contribution in [0.3, 0.4) is 0 Å². The van der Waals surface area contributed by atoms with Crippen LogP contribution in [0.4, 0.5) is 0 Å². The zero-order chi connectivity index (χ0) is 22.2. The van der Waals surface area contributed by atoms with Gasteiger partial charge in [-0.25, -0.2) is 0 Å². The monoisotopic (exact) mass is 409 g/mol. The number of hydrogen-bond donors (Lipinski definition) is 2. The molecule has 1 saturated carbocycles. The van der Waals surface area contributed by atoms with Gasteiger partial charge in [0.05, 0.1) is 19.6 Å². The molecule has 1 saturated heterocycles. The zero-order valence-electron chi connectivity index (χ0n) is 18.3. The molecule has 0 aromatic carbocycles. The van der Waals surface area contributed by atoms with Crippen molar-refractivity contribution in [3.05, 3.63) is 24.8 Å². The number of amides is 2. The lowest BCUT2D eigenvalue weighted by molar-refractivity contribution is -0.142. The lowest BCUT2D eigenvalue weighted by Crippen LogP contribution is -2.45. The maximum Gasteiger partial charge on any atom is 0.309 e. The number of primary amides is 1. The van der Waals surface area contributed by atoms with Crippen LogP contribution in [0, 0.1) is 11.8 Å². The normalized spacial score (nSPS) is 22.1. The minimum Gasteiger partial charge on any atom is -0.469 e. The first-order chi connectivity index (χ1) is 13.9. The molecule has 0 bridgehead atoms. The van der Waals surface area contributed by atoms with Crippen LogP contribution in [0.5, 0.6) is 0 Å². The average molecular weight is 410 g/mol. The number of carbonyl (C=O) groups is 3. The van der Waals surface area contributed by atoms with Crippen molar-refractivity contribution in [2.75, 3.05) is 20.2 Å². The van der Waals surface area contributed by atoms with Crippen LogP contribution >= 0.6 is 0 Å². The van der Waals surface area contributed by atoms with E-state index >= 15 is 0 Å². The first-order valence-corrected chi connectivity index (χ1v) is 10.5. The second kappa shape index (κ2) is 15.7. The minimum atomic E-state index is -0.436. The number of rotatable bonds is 8. The molecule has 0 radical (unpaired) electrons. The Labute approximate surface area is 175 Å². The summed E-state index contributed by atoms with van der Waals surface area (Å²) in [4.78, 5) is 34.5. The Morgan fingerprint density at radius 3 is 2.45 bits per heavy atom. The average Bonchev–Trinajstić information content (AvgIpc) is 3.30. The van der Waals surface area contributed by atoms with Crippen LogP contribution in [-0.2, 0) is 19.1 Å². The fourth-order valence-electron chi connectivity index (χ4n) is 3.11. The van der Waals surface area contributed by atoms with Crippen molar-refractivity contribution >= 4 is 17.8 Å². The summed E-state index contributed by atoms with van der Waals surface area (Å²) in [5.74, 6) is -0.0645. The van der Waals surface area contributed by atoms with Crippen molar-refractivity contribution in [2.45, 2.75) is 64.8 Å². The molecule has 1 aliphatic heterocycles. The predicted octanol–water partition coefficient (Wildman–Crippen LogP) is 2.55. The van der Waals surface area contributed by atoms with Gasteiger partial charge in [-0.1, -0.05) is 38.0 Å². The third-order valence-corrected chi connectivity index (χ3v) is 4.78. The highest BCUT2D eigenvalue weighted by molar-refractivity contribution is 5.87. The van der Waals surface area contributed by atoms with Gasteiger partial charge in [0.15, 0.2) is 0 Å². The maximum absolute atomic E-state index is 11.1. The van der Waals surface area contributed by atoms with E-state index < -0.39 is 11.9 Å². The molecule has 1 heterocycles. The van der Waals surface area contributed by atoms with Crippen molar-refractivity contribution in [1.29, 1.82) is 0 Å². The summed E-state index contributed by atoms with van der Waals surface area (Å²) in [7, 11) is 1.46. The van der Waals surface area contributed by atoms with Crippen molar-refractivity contribution in [3.63, 3.8) is 0 Å². The van der Waals surface area contributed by atoms with Gasteiger partial charge in [-0.3, -0.25) is 14.4 Å². The van der Waals surface area contributed by atoms with Crippen LogP contribution in [0.2, 0.25) is 0 Å². The van der Waals surface area contributed by atoms with E-state index in [4.69, 9.17) is 11.5 Å². The SMILES string of the molecule is C=CC.CCCCC/C=C\C1CC1C(=O)OC.NCC(=O)N1CCCC1C(N)=O. The highest BCUT2D eigenvalue weighted by atomic mass is 16.5. The molecule has 1 aliphatic carbocycles. The van der Waals surface area contributed by atoms with Gasteiger partial charge in [-0.15, -0.1) is 6.58 Å². The first kappa shape index (κ1) is 26.9. The van der Waals surface area contributed by atoms with E-state index in [0.29, 0.717) is 18.9 Å². The predicted molar refractivity (Wildman–Crippen MR) is 116 cm³/mol. The quantitative estimate of drug-likeness (QED) is 0.363. The number of allylic oxidation sites excluding steroid dienone is 3. The molecule has 0 spiro atoms. The molecule has 2 aliphatic rings. The Morgan fingerprint density at radius 1 is 1.28 bits per heavy atom. The molecule has 7 nitrogen and oxygen atoms in total. The molecule has 7 heteroatoms. The van der Waals surface area contributed by atoms with Crippen molar-refractivity contribution < 1.29 is 19.1 Å². The highest BCUT2D eigenvalue weighted by Crippen LogP contribution is 2.40. The Balaban J connectivity index is 0.000000481. The van der Waals surface area contributed by atoms with Gasteiger partial charge in [-0.05, 0) is 44.9 Å². The summed E-state index contributed by atoms with van der Waals surface area (Å²) >= 11 is 0. The summed E-state index contributed by atoms with van der Waals surface area (Å²) in [6, 6.07) is -0.430. The molecule has 2 rings (SSSR count). The first-order valence-electron chi connectivity index (χ1n) is 10.5. The summed E-state index contributed by atoms with van der Waals surface area (Å²) in [5.41, 5.74) is 10.3. The minimum absolute atomic E-state index is 0.0480. The Kier molecular flexibility index (Phi) is 14.6. The fraction of sp³-hybridized carbons (Fsp3) is 0.682. The highest BCUT2D eigenvalue weighted by Gasteiger charge is 2.41. The van der Waals surface area contributed by atoms with E-state index in [1.807, 2.05) is 6.92 Å². The molecule has 0 aromatic heterocycles. The van der Waals surface area contributed by atoms with Crippen LogP contribution < -0.4 is 11.5 Å². The molecule has 2 amide bonds. The second-order valence-corrected chi connectivity index (χ2v) is 7.21. The molecule has 2 fully saturated rings. The number of unbranched alkanes of at least 4 members (excludes halogenated alkanes) is 3. The Morgan fingerprint density at radius 2 is 1.93 bits per heavy atom. The number of likely N-dealkylation sites (tertiary alicyclic amines) is 1. The van der Waals surface area contributed by atoms with Crippen molar-refractivity contribution in [2.24, 2.45) is 23.3 Å². The van der Waals surface area contributed by atoms with Gasteiger partial charge in [0, 0.05) is 6.54 Å². The maximum atomic E-state index is 11.1. The van der Waals surface area contributed by atoms with Crippen molar-refractivity contribution in [3.8, 4) is 0 Å². The van der Waals surface area contributed by atoms with E-state index in [0.717, 1.165) is 19.3 Å². The molecular weight excluding hydrogens is 370 g/mol. The number of hydrogen-bond acceptors (Lipinski definition) is 5. The Bertz CT molecular complexity index is 548. The molecule has 4 N–H and O–H groups in total. The van der Waals surface area contributed by atoms with E-state index in [9.17, 15) is 14.4 Å². The Hall–Kier alpha value is -2.15. The molecule has 29 heavy (non-hydrogen) atoms. The molecule has 3 atom stereocenters. The lowest BCUT2D eigenvalue weighted by Gasteiger charge is -2.20. The third-order valence-electron chi connectivity index (χ3n) is 4.78. The van der Waals surface area contributed by atoms with Gasteiger partial charge >= 0.3 is 5.97 Å². The molecular formula is C22H39N3O4. The summed E-state index contributed by atoms with van der Waals surface area (Å²) < 4.78 is 4.68. The molecule has 166 valence electrons. The van der Waals surface area contributed by atoms with E-state index in [-0.39, 0.29) is 24.3 Å². The van der Waals surface area contributed by atoms with Crippen LogP contribution in [0.15, 0.2) is 24.8 Å². The van der Waals surface area contributed by atoms with Crippen LogP contribution in [-0.4, -0.2) is 48.9 Å². The summed E-state index contributed by atoms with van der Waals surface area (Å²) in [5, 5.41) is 0. The number of esters is 1. The fourth-order valence-corrected chi connectivity index (χ4v) is 3.11. The summed E-state index contributed by atoms with van der Waals surface area (Å²) in [6.45, 7) is 8.01. The number of nitrogens with zero attached hydrogens (tertiary/aromatic N) is 1. The summed E-state index contributed by atoms with van der Waals surface area (Å²) in [6.07, 6.45) is 13.6. The van der Waals surface area contributed by atoms with Crippen LogP contribution in [0.25, 0.3) is 0 Å². The standard InChI is InChI=1S/C12H20O2.C7H13N3O2.C3H6/c1-3-4-5-6-7-8-10-9-11(10)12(13)14-2;8-4-6(11)10-3-1-2-5(10)7(9)12;1-3-2/h7-8,10-11H,3-6,9H2,1-2H3;5H,1-4,8H2,(H2,9,12);3H,1H2,2H3/b8-7-;;. The third kappa shape index (κ3) is 10.8. The van der Waals surface area contributed by atoms with Gasteiger partial charge in [0.2, 0.25) is 11.8 Å². The number of nitrogens with two attached hydrogens (primary N) is 2. The molecule has 3 unspecified atom stereocenters. The van der Waals surface area contributed by atoms with E-state index in [1.165, 1.54) is 31.3 Å². The lowest BCUT2D eigenvalue weighted by atomic mass is 10.2. The van der Waals surface area contributed by atoms with Gasteiger partial charge in [0.25, 0.3) is 0 Å². The number of ether oxygens (including phenoxy) is 1. The number of methoxy groups -OCH3 is 1. The smallest absolute Gasteiger partial charge is 0.309 e. The largest absolute Gasteiger partial charge is 0.469 e. The van der Waals surface area contributed by atoms with Crippen LogP contribution in [0.1, 0.15) is 58.8 Å². The zero-order valence-corrected chi connectivity index (χ0v) is 18.3. The van der Waals surface area contributed by atoms with Gasteiger partial charge in [-0.2, -0.15) is 0 Å². The van der Waals surface area contributed by atoms with Crippen molar-refractivity contribution in [1.82, 2.24) is 4.90 Å². The van der Waals surface area contributed by atoms with Gasteiger partial charge in [0.1, 0.15) is 6.04 Å². The number of carbonyl (C=O) groups excluding carboxylic acids is 3.